The van der Waals surface area contributed by atoms with E-state index in [-0.39, 0.29) is 24.3 Å². The summed E-state index contributed by atoms with van der Waals surface area (Å²) in [6, 6.07) is 8.90. The van der Waals surface area contributed by atoms with Gasteiger partial charge in [0.25, 0.3) is 5.91 Å². The number of hydrogen-bond acceptors (Lipinski definition) is 6. The second kappa shape index (κ2) is 7.69. The van der Waals surface area contributed by atoms with Crippen molar-refractivity contribution < 1.29 is 23.5 Å². The summed E-state index contributed by atoms with van der Waals surface area (Å²) in [5.74, 6) is -0.175. The summed E-state index contributed by atoms with van der Waals surface area (Å²) in [5.41, 5.74) is -0.0215. The number of ether oxygens (including phenoxy) is 1. The average molecular weight is 397 g/mol. The molecule has 2 aliphatic rings. The van der Waals surface area contributed by atoms with Crippen LogP contribution < -0.4 is 5.32 Å². The molecule has 8 nitrogen and oxygen atoms in total. The van der Waals surface area contributed by atoms with E-state index in [4.69, 9.17) is 9.15 Å². The van der Waals surface area contributed by atoms with Crippen molar-refractivity contribution in [2.24, 2.45) is 5.92 Å². The molecule has 152 valence electrons. The number of imide groups is 1. The van der Waals surface area contributed by atoms with E-state index in [0.717, 1.165) is 29.7 Å². The van der Waals surface area contributed by atoms with Crippen LogP contribution in [0.1, 0.15) is 38.5 Å². The Morgan fingerprint density at radius 2 is 2.10 bits per heavy atom. The number of carbonyl (C=O) groups excluding carboxylic acids is 3. The summed E-state index contributed by atoms with van der Waals surface area (Å²) < 4.78 is 10.8. The third-order valence-corrected chi connectivity index (χ3v) is 5.76. The normalized spacial score (nSPS) is 24.0. The molecule has 1 aliphatic heterocycles. The third kappa shape index (κ3) is 3.62. The summed E-state index contributed by atoms with van der Waals surface area (Å²) in [7, 11) is 0. The SMILES string of the molecule is C[C@@H]1CCCC[C@@]12NC(=O)N(CC(=O)OCc1ncc(-c3ccccc3)o1)C2=O. The van der Waals surface area contributed by atoms with Crippen molar-refractivity contribution >= 4 is 17.9 Å². The largest absolute Gasteiger partial charge is 0.454 e. The molecular formula is C21H23N3O5. The Morgan fingerprint density at radius 3 is 2.86 bits per heavy atom. The quantitative estimate of drug-likeness (QED) is 0.615. The zero-order valence-electron chi connectivity index (χ0n) is 16.2. The van der Waals surface area contributed by atoms with Crippen LogP contribution in [0.2, 0.25) is 0 Å². The van der Waals surface area contributed by atoms with Gasteiger partial charge in [-0.3, -0.25) is 14.5 Å². The van der Waals surface area contributed by atoms with Crippen molar-refractivity contribution in [2.75, 3.05) is 6.54 Å². The molecule has 0 bridgehead atoms. The summed E-state index contributed by atoms with van der Waals surface area (Å²) >= 11 is 0. The second-order valence-corrected chi connectivity index (χ2v) is 7.58. The lowest BCUT2D eigenvalue weighted by Crippen LogP contribution is -2.54. The number of oxazole rings is 1. The molecule has 3 amide bonds. The van der Waals surface area contributed by atoms with E-state index in [9.17, 15) is 14.4 Å². The molecule has 29 heavy (non-hydrogen) atoms. The maximum absolute atomic E-state index is 12.9. The number of aromatic nitrogens is 1. The fraction of sp³-hybridized carbons (Fsp3) is 0.429. The van der Waals surface area contributed by atoms with Gasteiger partial charge in [0, 0.05) is 5.56 Å². The highest BCUT2D eigenvalue weighted by atomic mass is 16.5. The highest BCUT2D eigenvalue weighted by Crippen LogP contribution is 2.38. The lowest BCUT2D eigenvalue weighted by molar-refractivity contribution is -0.150. The van der Waals surface area contributed by atoms with Gasteiger partial charge < -0.3 is 14.5 Å². The van der Waals surface area contributed by atoms with Gasteiger partial charge in [0.1, 0.15) is 12.1 Å². The molecule has 1 spiro atoms. The van der Waals surface area contributed by atoms with Crippen LogP contribution in [0.4, 0.5) is 4.79 Å². The van der Waals surface area contributed by atoms with Gasteiger partial charge in [-0.2, -0.15) is 0 Å². The van der Waals surface area contributed by atoms with Crippen LogP contribution in [-0.2, 0) is 20.9 Å². The molecule has 1 aromatic heterocycles. The first-order chi connectivity index (χ1) is 14.0. The minimum Gasteiger partial charge on any atom is -0.454 e. The van der Waals surface area contributed by atoms with Crippen LogP contribution in [-0.4, -0.2) is 39.9 Å². The number of urea groups is 1. The lowest BCUT2D eigenvalue weighted by atomic mass is 9.73. The van der Waals surface area contributed by atoms with Crippen molar-refractivity contribution in [3.05, 3.63) is 42.4 Å². The zero-order chi connectivity index (χ0) is 20.4. The molecule has 4 rings (SSSR count). The van der Waals surface area contributed by atoms with Gasteiger partial charge in [-0.05, 0) is 18.8 Å². The van der Waals surface area contributed by atoms with E-state index in [2.05, 4.69) is 10.3 Å². The number of esters is 1. The van der Waals surface area contributed by atoms with Crippen LogP contribution in [0, 0.1) is 5.92 Å². The smallest absolute Gasteiger partial charge is 0.326 e. The highest BCUT2D eigenvalue weighted by Gasteiger charge is 2.55. The summed E-state index contributed by atoms with van der Waals surface area (Å²) in [5, 5.41) is 2.82. The summed E-state index contributed by atoms with van der Waals surface area (Å²) in [6.07, 6.45) is 4.95. The van der Waals surface area contributed by atoms with Crippen molar-refractivity contribution in [3.63, 3.8) is 0 Å². The van der Waals surface area contributed by atoms with Crippen molar-refractivity contribution in [3.8, 4) is 11.3 Å². The predicted molar refractivity (Wildman–Crippen MR) is 102 cm³/mol. The number of nitrogens with zero attached hydrogens (tertiary/aromatic N) is 2. The Hall–Kier alpha value is -3.16. The van der Waals surface area contributed by atoms with Crippen molar-refractivity contribution in [2.45, 2.75) is 44.8 Å². The number of nitrogens with one attached hydrogen (secondary N) is 1. The molecule has 2 fully saturated rings. The van der Waals surface area contributed by atoms with Crippen LogP contribution in [0.15, 0.2) is 40.9 Å². The first kappa shape index (κ1) is 19.2. The van der Waals surface area contributed by atoms with Crippen molar-refractivity contribution in [1.82, 2.24) is 15.2 Å². The summed E-state index contributed by atoms with van der Waals surface area (Å²) in [6.45, 7) is 1.37. The van der Waals surface area contributed by atoms with Gasteiger partial charge in [-0.1, -0.05) is 50.1 Å². The van der Waals surface area contributed by atoms with Crippen LogP contribution in [0.5, 0.6) is 0 Å². The lowest BCUT2D eigenvalue weighted by Gasteiger charge is -2.36. The third-order valence-electron chi connectivity index (χ3n) is 5.76. The Morgan fingerprint density at radius 1 is 1.31 bits per heavy atom. The van der Waals surface area contributed by atoms with E-state index < -0.39 is 24.1 Å². The van der Waals surface area contributed by atoms with Gasteiger partial charge in [0.05, 0.1) is 6.20 Å². The number of benzene rings is 1. The molecule has 1 saturated heterocycles. The molecule has 1 saturated carbocycles. The van der Waals surface area contributed by atoms with Crippen molar-refractivity contribution in [1.29, 1.82) is 0 Å². The molecule has 1 N–H and O–H groups in total. The Labute approximate surface area is 168 Å². The molecule has 2 atom stereocenters. The van der Waals surface area contributed by atoms with Gasteiger partial charge in [-0.25, -0.2) is 9.78 Å². The number of rotatable bonds is 5. The molecular weight excluding hydrogens is 374 g/mol. The van der Waals surface area contributed by atoms with Gasteiger partial charge in [0.2, 0.25) is 5.89 Å². The first-order valence-electron chi connectivity index (χ1n) is 9.79. The number of hydrogen-bond donors (Lipinski definition) is 1. The number of carbonyl (C=O) groups is 3. The molecule has 2 aromatic rings. The molecule has 8 heteroatoms. The minimum atomic E-state index is -0.886. The second-order valence-electron chi connectivity index (χ2n) is 7.58. The van der Waals surface area contributed by atoms with Gasteiger partial charge in [-0.15, -0.1) is 0 Å². The van der Waals surface area contributed by atoms with Gasteiger partial charge in [0.15, 0.2) is 12.4 Å². The van der Waals surface area contributed by atoms with Gasteiger partial charge >= 0.3 is 12.0 Å². The predicted octanol–water partition coefficient (Wildman–Crippen LogP) is 2.89. The van der Waals surface area contributed by atoms with E-state index in [1.54, 1.807) is 6.20 Å². The molecule has 1 aliphatic carbocycles. The standard InChI is InChI=1S/C21H23N3O5/c1-14-7-5-6-10-21(14)19(26)24(20(27)23-21)12-18(25)28-13-17-22-11-16(29-17)15-8-3-2-4-9-15/h2-4,8-9,11,14H,5-7,10,12-13H2,1H3,(H,23,27)/t14-,21-/m1/s1. The topological polar surface area (TPSA) is 102 Å². The van der Waals surface area contributed by atoms with E-state index in [1.165, 1.54) is 0 Å². The highest BCUT2D eigenvalue weighted by molar-refractivity contribution is 6.08. The Kier molecular flexibility index (Phi) is 5.08. The fourth-order valence-electron chi connectivity index (χ4n) is 4.07. The molecule has 1 aromatic carbocycles. The minimum absolute atomic E-state index is 0.0393. The van der Waals surface area contributed by atoms with Crippen LogP contribution in [0.3, 0.4) is 0 Å². The summed E-state index contributed by atoms with van der Waals surface area (Å²) in [4.78, 5) is 42.5. The van der Waals surface area contributed by atoms with Crippen LogP contribution >= 0.6 is 0 Å². The Balaban J connectivity index is 1.35. The maximum Gasteiger partial charge on any atom is 0.326 e. The van der Waals surface area contributed by atoms with Crippen LogP contribution in [0.25, 0.3) is 11.3 Å². The molecule has 0 unspecified atom stereocenters. The average Bonchev–Trinajstić information content (AvgIpc) is 3.29. The fourth-order valence-corrected chi connectivity index (χ4v) is 4.07. The van der Waals surface area contributed by atoms with E-state index in [1.807, 2.05) is 37.3 Å². The zero-order valence-corrected chi connectivity index (χ0v) is 16.2. The maximum atomic E-state index is 12.9. The van der Waals surface area contributed by atoms with E-state index >= 15 is 0 Å². The Bertz CT molecular complexity index is 925. The monoisotopic (exact) mass is 397 g/mol. The molecule has 0 radical (unpaired) electrons. The molecule has 2 heterocycles. The first-order valence-corrected chi connectivity index (χ1v) is 9.79. The number of amides is 3. The van der Waals surface area contributed by atoms with E-state index in [0.29, 0.717) is 12.2 Å².